The molecule has 1 saturated heterocycles. The van der Waals surface area contributed by atoms with Crippen LogP contribution in [-0.2, 0) is 13.6 Å². The minimum atomic E-state index is 0.0126. The molecule has 0 saturated carbocycles. The first-order chi connectivity index (χ1) is 13.6. The average molecular weight is 374 g/mol. The van der Waals surface area contributed by atoms with Crippen molar-refractivity contribution in [3.63, 3.8) is 0 Å². The number of piperidine rings is 1. The van der Waals surface area contributed by atoms with E-state index >= 15 is 0 Å². The summed E-state index contributed by atoms with van der Waals surface area (Å²) in [4.78, 5) is 27.4. The van der Waals surface area contributed by atoms with Gasteiger partial charge in [-0.2, -0.15) is 5.10 Å². The SMILES string of the molecule is Cn1nc(-c2ccccc2)cc1C(=O)N1C[C@@H]2C[C@@H](C1)c1cccc(=O)n1C2. The highest BCUT2D eigenvalue weighted by molar-refractivity contribution is 5.94. The van der Waals surface area contributed by atoms with Crippen molar-refractivity contribution in [1.82, 2.24) is 19.2 Å². The smallest absolute Gasteiger partial charge is 0.272 e. The number of hydrogen-bond donors (Lipinski definition) is 0. The van der Waals surface area contributed by atoms with E-state index in [9.17, 15) is 9.59 Å². The van der Waals surface area contributed by atoms with Crippen molar-refractivity contribution in [1.29, 1.82) is 0 Å². The molecule has 0 aliphatic carbocycles. The maximum Gasteiger partial charge on any atom is 0.272 e. The Bertz CT molecular complexity index is 1100. The van der Waals surface area contributed by atoms with Crippen molar-refractivity contribution in [3.8, 4) is 11.3 Å². The van der Waals surface area contributed by atoms with Gasteiger partial charge in [0.05, 0.1) is 5.69 Å². The molecule has 0 radical (unpaired) electrons. The van der Waals surface area contributed by atoms with Gasteiger partial charge in [-0.25, -0.2) is 0 Å². The number of nitrogens with zero attached hydrogens (tertiary/aromatic N) is 4. The number of aryl methyl sites for hydroxylation is 1. The third kappa shape index (κ3) is 2.76. The molecule has 0 N–H and O–H groups in total. The first-order valence-electron chi connectivity index (χ1n) is 9.68. The lowest BCUT2D eigenvalue weighted by Crippen LogP contribution is -2.49. The van der Waals surface area contributed by atoms with Crippen molar-refractivity contribution in [3.05, 3.63) is 76.3 Å². The molecule has 2 atom stereocenters. The first-order valence-corrected chi connectivity index (χ1v) is 9.68. The largest absolute Gasteiger partial charge is 0.336 e. The highest BCUT2D eigenvalue weighted by atomic mass is 16.2. The van der Waals surface area contributed by atoms with Crippen molar-refractivity contribution in [2.45, 2.75) is 18.9 Å². The minimum absolute atomic E-state index is 0.0126. The molecule has 2 bridgehead atoms. The summed E-state index contributed by atoms with van der Waals surface area (Å²) in [6, 6.07) is 17.2. The lowest BCUT2D eigenvalue weighted by molar-refractivity contribution is 0.0584. The predicted octanol–water partition coefficient (Wildman–Crippen LogP) is 2.51. The molecule has 3 aromatic rings. The van der Waals surface area contributed by atoms with Crippen molar-refractivity contribution < 1.29 is 4.79 Å². The van der Waals surface area contributed by atoms with Crippen molar-refractivity contribution in [2.75, 3.05) is 13.1 Å². The molecule has 0 spiro atoms. The van der Waals surface area contributed by atoms with Crippen LogP contribution in [0.3, 0.4) is 0 Å². The van der Waals surface area contributed by atoms with Crippen molar-refractivity contribution >= 4 is 5.91 Å². The molecule has 4 heterocycles. The third-order valence-corrected chi connectivity index (χ3v) is 5.94. The van der Waals surface area contributed by atoms with E-state index in [-0.39, 0.29) is 17.4 Å². The zero-order chi connectivity index (χ0) is 19.3. The van der Waals surface area contributed by atoms with Gasteiger partial charge in [0.25, 0.3) is 11.5 Å². The summed E-state index contributed by atoms with van der Waals surface area (Å²) in [7, 11) is 1.82. The van der Waals surface area contributed by atoms with Crippen LogP contribution in [0, 0.1) is 5.92 Å². The molecular weight excluding hydrogens is 352 g/mol. The summed E-state index contributed by atoms with van der Waals surface area (Å²) in [6.45, 7) is 2.02. The minimum Gasteiger partial charge on any atom is -0.336 e. The third-order valence-electron chi connectivity index (χ3n) is 5.94. The monoisotopic (exact) mass is 374 g/mol. The van der Waals surface area contributed by atoms with Crippen LogP contribution in [0.15, 0.2) is 59.4 Å². The fraction of sp³-hybridized carbons (Fsp3) is 0.318. The Morgan fingerprint density at radius 2 is 1.86 bits per heavy atom. The number of aromatic nitrogens is 3. The summed E-state index contributed by atoms with van der Waals surface area (Å²) in [5, 5.41) is 4.54. The summed E-state index contributed by atoms with van der Waals surface area (Å²) < 4.78 is 3.56. The van der Waals surface area contributed by atoms with E-state index in [4.69, 9.17) is 0 Å². The molecule has 6 nitrogen and oxygen atoms in total. The second-order valence-corrected chi connectivity index (χ2v) is 7.81. The topological polar surface area (TPSA) is 60.1 Å². The quantitative estimate of drug-likeness (QED) is 0.692. The highest BCUT2D eigenvalue weighted by Crippen LogP contribution is 2.35. The molecule has 1 aromatic carbocycles. The lowest BCUT2D eigenvalue weighted by Gasteiger charge is -2.42. The highest BCUT2D eigenvalue weighted by Gasteiger charge is 2.37. The normalized spacial score (nSPS) is 20.7. The Morgan fingerprint density at radius 1 is 1.04 bits per heavy atom. The Kier molecular flexibility index (Phi) is 3.93. The number of carbonyl (C=O) groups excluding carboxylic acids is 1. The molecule has 2 aromatic heterocycles. The van der Waals surface area contributed by atoms with E-state index < -0.39 is 0 Å². The number of amides is 1. The summed E-state index contributed by atoms with van der Waals surface area (Å²) in [5.74, 6) is 0.544. The van der Waals surface area contributed by atoms with Gasteiger partial charge in [-0.1, -0.05) is 36.4 Å². The van der Waals surface area contributed by atoms with Gasteiger partial charge in [0.1, 0.15) is 5.69 Å². The zero-order valence-corrected chi connectivity index (χ0v) is 15.8. The van der Waals surface area contributed by atoms with Crippen LogP contribution in [0.4, 0.5) is 0 Å². The number of benzene rings is 1. The van der Waals surface area contributed by atoms with Gasteiger partial charge in [0.2, 0.25) is 0 Å². The number of pyridine rings is 1. The van der Waals surface area contributed by atoms with Gasteiger partial charge in [0, 0.05) is 49.9 Å². The van der Waals surface area contributed by atoms with E-state index in [1.165, 1.54) is 0 Å². The molecule has 28 heavy (non-hydrogen) atoms. The van der Waals surface area contributed by atoms with Gasteiger partial charge in [0.15, 0.2) is 0 Å². The summed E-state index contributed by atoms with van der Waals surface area (Å²) in [6.07, 6.45) is 1.04. The maximum atomic E-state index is 13.3. The number of rotatable bonds is 2. The van der Waals surface area contributed by atoms with Crippen LogP contribution in [0.2, 0.25) is 0 Å². The Morgan fingerprint density at radius 3 is 2.68 bits per heavy atom. The Hall–Kier alpha value is -3.15. The van der Waals surface area contributed by atoms with Gasteiger partial charge in [-0.05, 0) is 24.5 Å². The maximum absolute atomic E-state index is 13.3. The van der Waals surface area contributed by atoms with Gasteiger partial charge in [-0.15, -0.1) is 0 Å². The second-order valence-electron chi connectivity index (χ2n) is 7.81. The number of hydrogen-bond acceptors (Lipinski definition) is 3. The number of fused-ring (bicyclic) bond motifs is 4. The molecule has 142 valence electrons. The van der Waals surface area contributed by atoms with E-state index in [0.29, 0.717) is 31.2 Å². The molecular formula is C22H22N4O2. The number of carbonyl (C=O) groups is 1. The van der Waals surface area contributed by atoms with Crippen LogP contribution in [-0.4, -0.2) is 38.2 Å². The second kappa shape index (κ2) is 6.48. The molecule has 1 amide bonds. The van der Waals surface area contributed by atoms with Crippen LogP contribution in [0.5, 0.6) is 0 Å². The fourth-order valence-electron chi connectivity index (χ4n) is 4.64. The molecule has 2 aliphatic heterocycles. The molecule has 2 aliphatic rings. The van der Waals surface area contributed by atoms with E-state index in [0.717, 1.165) is 23.4 Å². The van der Waals surface area contributed by atoms with E-state index in [1.54, 1.807) is 10.7 Å². The van der Waals surface area contributed by atoms with Gasteiger partial charge >= 0.3 is 0 Å². The summed E-state index contributed by atoms with van der Waals surface area (Å²) >= 11 is 0. The molecule has 5 rings (SSSR count). The fourth-order valence-corrected chi connectivity index (χ4v) is 4.64. The lowest BCUT2D eigenvalue weighted by atomic mass is 9.83. The van der Waals surface area contributed by atoms with Crippen LogP contribution < -0.4 is 5.56 Å². The average Bonchev–Trinajstić information content (AvgIpc) is 3.10. The van der Waals surface area contributed by atoms with E-state index in [1.807, 2.05) is 65.0 Å². The van der Waals surface area contributed by atoms with Crippen LogP contribution in [0.1, 0.15) is 28.5 Å². The van der Waals surface area contributed by atoms with Crippen LogP contribution in [0.25, 0.3) is 11.3 Å². The number of likely N-dealkylation sites (tertiary alicyclic amines) is 1. The van der Waals surface area contributed by atoms with Gasteiger partial charge in [-0.3, -0.25) is 14.3 Å². The Labute approximate surface area is 163 Å². The zero-order valence-electron chi connectivity index (χ0n) is 15.8. The van der Waals surface area contributed by atoms with Crippen LogP contribution >= 0.6 is 0 Å². The molecule has 1 fully saturated rings. The van der Waals surface area contributed by atoms with Crippen molar-refractivity contribution in [2.24, 2.45) is 13.0 Å². The Balaban J connectivity index is 1.43. The van der Waals surface area contributed by atoms with E-state index in [2.05, 4.69) is 5.10 Å². The summed E-state index contributed by atoms with van der Waals surface area (Å²) in [5.41, 5.74) is 3.52. The predicted molar refractivity (Wildman–Crippen MR) is 106 cm³/mol. The standard InChI is InChI=1S/C22H22N4O2/c1-24-20(11-18(23-24)16-6-3-2-4-7-16)22(28)25-12-15-10-17(14-25)19-8-5-9-21(27)26(19)13-15/h2-9,11,15,17H,10,12-14H2,1H3/t15-,17-/m0/s1. The first kappa shape index (κ1) is 17.0. The van der Waals surface area contributed by atoms with Gasteiger partial charge < -0.3 is 9.47 Å². The molecule has 0 unspecified atom stereocenters. The molecule has 6 heteroatoms.